The van der Waals surface area contributed by atoms with Gasteiger partial charge in [0.25, 0.3) is 0 Å². The first-order valence-corrected chi connectivity index (χ1v) is 14.0. The minimum atomic E-state index is -1.36. The van der Waals surface area contributed by atoms with Gasteiger partial charge in [0.05, 0.1) is 6.61 Å². The molecule has 4 aliphatic carbocycles. The van der Waals surface area contributed by atoms with E-state index in [1.807, 2.05) is 30.3 Å². The third-order valence-corrected chi connectivity index (χ3v) is 10.9. The molecule has 37 heavy (non-hydrogen) atoms. The molecule has 5 rings (SSSR count). The Labute approximate surface area is 219 Å². The molecule has 0 heterocycles. The first kappa shape index (κ1) is 26.1. The number of rotatable bonds is 7. The van der Waals surface area contributed by atoms with Crippen LogP contribution in [0.4, 0.5) is 4.79 Å². The monoisotopic (exact) mass is 508 g/mol. The molecule has 0 saturated heterocycles. The minimum absolute atomic E-state index is 0.0191. The number of hydrogen-bond acceptors (Lipinski definition) is 5. The van der Waals surface area contributed by atoms with Crippen molar-refractivity contribution < 1.29 is 29.3 Å². The zero-order valence-electron chi connectivity index (χ0n) is 22.1. The van der Waals surface area contributed by atoms with Gasteiger partial charge in [-0.3, -0.25) is 9.59 Å². The van der Waals surface area contributed by atoms with Crippen LogP contribution in [0, 0.1) is 28.6 Å². The SMILES string of the molecule is CC(=O)[C@@]1(OC(=O)O)CC[C@H]2[C@@H]3CCC4=CC(=O)CC[C@@]4(C)[C@@H]3CC[C@@]21CCCc1ccc(CO)cc1. The highest BCUT2D eigenvalue weighted by Crippen LogP contribution is 2.69. The maximum Gasteiger partial charge on any atom is 0.506 e. The van der Waals surface area contributed by atoms with Crippen LogP contribution in [-0.4, -0.2) is 33.5 Å². The molecule has 3 fully saturated rings. The molecule has 200 valence electrons. The number of carboxylic acid groups (broad SMARTS) is 1. The molecule has 4 aliphatic rings. The van der Waals surface area contributed by atoms with Crippen LogP contribution in [0.25, 0.3) is 0 Å². The van der Waals surface area contributed by atoms with Crippen molar-refractivity contribution in [1.82, 2.24) is 0 Å². The Bertz CT molecular complexity index is 1110. The Hall–Kier alpha value is -2.47. The van der Waals surface area contributed by atoms with Gasteiger partial charge >= 0.3 is 6.16 Å². The maximum absolute atomic E-state index is 13.3. The number of ketones is 2. The van der Waals surface area contributed by atoms with E-state index in [1.54, 1.807) is 0 Å². The third-order valence-electron chi connectivity index (χ3n) is 10.9. The summed E-state index contributed by atoms with van der Waals surface area (Å²) in [5.74, 6) is 1.19. The fraction of sp³-hybridized carbons (Fsp3) is 0.645. The molecule has 1 aromatic rings. The lowest BCUT2D eigenvalue weighted by atomic mass is 9.45. The van der Waals surface area contributed by atoms with E-state index in [0.717, 1.165) is 63.4 Å². The lowest BCUT2D eigenvalue weighted by Crippen LogP contribution is -2.60. The minimum Gasteiger partial charge on any atom is -0.450 e. The van der Waals surface area contributed by atoms with Gasteiger partial charge in [0.15, 0.2) is 17.2 Å². The number of aliphatic hydroxyl groups is 1. The van der Waals surface area contributed by atoms with Gasteiger partial charge in [-0.2, -0.15) is 0 Å². The van der Waals surface area contributed by atoms with Crippen LogP contribution in [-0.2, 0) is 27.4 Å². The van der Waals surface area contributed by atoms with Crippen molar-refractivity contribution >= 4 is 17.7 Å². The molecule has 0 spiro atoms. The van der Waals surface area contributed by atoms with E-state index in [2.05, 4.69) is 6.92 Å². The summed E-state index contributed by atoms with van der Waals surface area (Å²) in [6.07, 6.45) is 9.40. The number of Topliss-reactive ketones (excluding diaryl/α,β-unsaturated/α-hetero) is 1. The third kappa shape index (κ3) is 4.16. The molecule has 0 radical (unpaired) electrons. The van der Waals surface area contributed by atoms with Crippen molar-refractivity contribution in [3.63, 3.8) is 0 Å². The van der Waals surface area contributed by atoms with Crippen molar-refractivity contribution in [3.8, 4) is 0 Å². The van der Waals surface area contributed by atoms with E-state index in [9.17, 15) is 24.6 Å². The molecule has 2 N–H and O–H groups in total. The van der Waals surface area contributed by atoms with E-state index in [1.165, 1.54) is 18.1 Å². The van der Waals surface area contributed by atoms with E-state index in [-0.39, 0.29) is 29.5 Å². The lowest BCUT2D eigenvalue weighted by Gasteiger charge is -2.60. The molecule has 1 aromatic carbocycles. The zero-order valence-corrected chi connectivity index (χ0v) is 22.1. The molecule has 6 atom stereocenters. The van der Waals surface area contributed by atoms with Crippen LogP contribution in [0.15, 0.2) is 35.9 Å². The van der Waals surface area contributed by atoms with Gasteiger partial charge in [-0.05, 0) is 112 Å². The summed E-state index contributed by atoms with van der Waals surface area (Å²) in [5, 5.41) is 19.1. The van der Waals surface area contributed by atoms with Crippen molar-refractivity contribution in [2.24, 2.45) is 28.6 Å². The standard InChI is InChI=1S/C31H40O6/c1-20(33)31(37-28(35)36)17-13-27-25-10-9-23-18-24(34)11-15-29(23,2)26(25)12-16-30(27,31)14-3-4-21-5-7-22(19-32)8-6-21/h5-8,18,25-27,32H,3-4,9-17,19H2,1-2H3,(H,35,36)/t25-,26-,27+,29-,30+,31+/m1/s1. The normalized spacial score (nSPS) is 36.7. The van der Waals surface area contributed by atoms with Crippen LogP contribution in [0.2, 0.25) is 0 Å². The van der Waals surface area contributed by atoms with E-state index in [4.69, 9.17) is 4.74 Å². The number of ether oxygens (including phenoxy) is 1. The summed E-state index contributed by atoms with van der Waals surface area (Å²) in [6.45, 7) is 3.87. The molecule has 0 aromatic heterocycles. The number of allylic oxidation sites excluding steroid dienone is 1. The summed E-state index contributed by atoms with van der Waals surface area (Å²) < 4.78 is 5.67. The quantitative estimate of drug-likeness (QED) is 0.436. The van der Waals surface area contributed by atoms with Crippen LogP contribution >= 0.6 is 0 Å². The van der Waals surface area contributed by atoms with Gasteiger partial charge in [0, 0.05) is 11.8 Å². The van der Waals surface area contributed by atoms with Crippen molar-refractivity contribution in [2.45, 2.75) is 96.7 Å². The Morgan fingerprint density at radius 2 is 1.70 bits per heavy atom. The highest BCUT2D eigenvalue weighted by atomic mass is 16.7. The molecule has 0 unspecified atom stereocenters. The average molecular weight is 509 g/mol. The second kappa shape index (κ2) is 9.68. The number of carbonyl (C=O) groups is 3. The first-order valence-electron chi connectivity index (χ1n) is 14.0. The Kier molecular flexibility index (Phi) is 6.84. The van der Waals surface area contributed by atoms with Gasteiger partial charge in [-0.1, -0.05) is 36.8 Å². The summed E-state index contributed by atoms with van der Waals surface area (Å²) in [4.78, 5) is 37.4. The molecule has 0 aliphatic heterocycles. The number of benzene rings is 1. The predicted octanol–water partition coefficient (Wildman–Crippen LogP) is 6.04. The molecule has 3 saturated carbocycles. The highest BCUT2D eigenvalue weighted by Gasteiger charge is 2.69. The van der Waals surface area contributed by atoms with Gasteiger partial charge in [-0.25, -0.2) is 4.79 Å². The van der Waals surface area contributed by atoms with Crippen LogP contribution in [0.3, 0.4) is 0 Å². The Morgan fingerprint density at radius 3 is 2.38 bits per heavy atom. The van der Waals surface area contributed by atoms with Crippen LogP contribution < -0.4 is 0 Å². The van der Waals surface area contributed by atoms with Crippen molar-refractivity contribution in [1.29, 1.82) is 0 Å². The number of aliphatic hydroxyl groups excluding tert-OH is 1. The topological polar surface area (TPSA) is 101 Å². The highest BCUT2D eigenvalue weighted by molar-refractivity contribution is 5.91. The number of hydrogen-bond donors (Lipinski definition) is 2. The lowest BCUT2D eigenvalue weighted by molar-refractivity contribution is -0.170. The molecule has 6 heteroatoms. The smallest absolute Gasteiger partial charge is 0.450 e. The second-order valence-electron chi connectivity index (χ2n) is 12.3. The van der Waals surface area contributed by atoms with Gasteiger partial charge in [-0.15, -0.1) is 0 Å². The maximum atomic E-state index is 13.3. The summed E-state index contributed by atoms with van der Waals surface area (Å²) in [7, 11) is 0. The van der Waals surface area contributed by atoms with Gasteiger partial charge in [0.1, 0.15) is 0 Å². The van der Waals surface area contributed by atoms with E-state index >= 15 is 0 Å². The predicted molar refractivity (Wildman–Crippen MR) is 139 cm³/mol. The fourth-order valence-corrected chi connectivity index (χ4v) is 9.21. The molecule has 0 amide bonds. The fourth-order valence-electron chi connectivity index (χ4n) is 9.21. The Morgan fingerprint density at radius 1 is 1.00 bits per heavy atom. The number of carbonyl (C=O) groups excluding carboxylic acids is 2. The largest absolute Gasteiger partial charge is 0.506 e. The summed E-state index contributed by atoms with van der Waals surface area (Å²) >= 11 is 0. The van der Waals surface area contributed by atoms with E-state index in [0.29, 0.717) is 24.7 Å². The number of aryl methyl sites for hydroxylation is 1. The second-order valence-corrected chi connectivity index (χ2v) is 12.3. The Balaban J connectivity index is 1.46. The molecule has 6 nitrogen and oxygen atoms in total. The van der Waals surface area contributed by atoms with E-state index < -0.39 is 17.2 Å². The summed E-state index contributed by atoms with van der Waals surface area (Å²) in [5.41, 5.74) is 1.61. The van der Waals surface area contributed by atoms with Crippen molar-refractivity contribution in [3.05, 3.63) is 47.0 Å². The molecular weight excluding hydrogens is 468 g/mol. The molecule has 0 bridgehead atoms. The molecular formula is C31H40O6. The van der Waals surface area contributed by atoms with Gasteiger partial charge < -0.3 is 14.9 Å². The van der Waals surface area contributed by atoms with Gasteiger partial charge in [0.2, 0.25) is 0 Å². The van der Waals surface area contributed by atoms with Crippen LogP contribution in [0.1, 0.15) is 89.2 Å². The average Bonchev–Trinajstić information content (AvgIpc) is 3.19. The summed E-state index contributed by atoms with van der Waals surface area (Å²) in [6, 6.07) is 7.96. The zero-order chi connectivity index (χ0) is 26.4. The van der Waals surface area contributed by atoms with Crippen molar-refractivity contribution in [2.75, 3.05) is 0 Å². The first-order chi connectivity index (χ1) is 17.6. The number of fused-ring (bicyclic) bond motifs is 5. The van der Waals surface area contributed by atoms with Crippen LogP contribution in [0.5, 0.6) is 0 Å².